The third-order valence-electron chi connectivity index (χ3n) is 2.83. The molecule has 0 aromatic rings. The van der Waals surface area contributed by atoms with Gasteiger partial charge in [0.05, 0.1) is 5.60 Å². The average molecular weight is 184 g/mol. The van der Waals surface area contributed by atoms with Crippen LogP contribution in [0, 0.1) is 5.41 Å². The molecule has 2 unspecified atom stereocenters. The first-order chi connectivity index (χ1) is 5.90. The summed E-state index contributed by atoms with van der Waals surface area (Å²) in [5.74, 6) is 0. The number of aliphatic hydroxyl groups excluding tert-OH is 1. The van der Waals surface area contributed by atoms with Gasteiger partial charge in [0.15, 0.2) is 6.29 Å². The highest BCUT2D eigenvalue weighted by atomic mass is 16.6. The van der Waals surface area contributed by atoms with Crippen molar-refractivity contribution in [2.45, 2.75) is 52.4 Å². The summed E-state index contributed by atoms with van der Waals surface area (Å²) in [5.41, 5.74) is -0.384. The molecule has 1 saturated heterocycles. The fourth-order valence-corrected chi connectivity index (χ4v) is 1.64. The van der Waals surface area contributed by atoms with E-state index in [1.807, 2.05) is 39.8 Å². The van der Waals surface area contributed by atoms with Crippen LogP contribution in [0.3, 0.4) is 0 Å². The van der Waals surface area contributed by atoms with Gasteiger partial charge >= 0.3 is 0 Å². The van der Waals surface area contributed by atoms with E-state index in [4.69, 9.17) is 4.74 Å². The van der Waals surface area contributed by atoms with E-state index in [0.29, 0.717) is 0 Å². The molecular weight excluding hydrogens is 164 g/mol. The van der Waals surface area contributed by atoms with Crippen molar-refractivity contribution < 1.29 is 9.84 Å². The van der Waals surface area contributed by atoms with Gasteiger partial charge in [0.1, 0.15) is 0 Å². The second-order valence-electron chi connectivity index (χ2n) is 4.77. The minimum absolute atomic E-state index is 0.110. The second-order valence-corrected chi connectivity index (χ2v) is 4.77. The molecule has 2 nitrogen and oxygen atoms in total. The zero-order chi connectivity index (χ0) is 10.1. The van der Waals surface area contributed by atoms with E-state index in [1.165, 1.54) is 0 Å². The van der Waals surface area contributed by atoms with E-state index in [1.54, 1.807) is 0 Å². The molecule has 0 spiro atoms. The Morgan fingerprint density at radius 1 is 1.31 bits per heavy atom. The maximum absolute atomic E-state index is 9.74. The highest BCUT2D eigenvalue weighted by Gasteiger charge is 2.40. The molecule has 0 saturated carbocycles. The standard InChI is InChI=1S/C11H20O2/c1-5-6-11(4)8-7-10(2,3)9(12)13-11/h5-6,9,12H,7-8H2,1-4H3. The van der Waals surface area contributed by atoms with Crippen LogP contribution in [0.1, 0.15) is 40.5 Å². The van der Waals surface area contributed by atoms with Gasteiger partial charge in [0.2, 0.25) is 0 Å². The summed E-state index contributed by atoms with van der Waals surface area (Å²) >= 11 is 0. The van der Waals surface area contributed by atoms with Gasteiger partial charge in [0.25, 0.3) is 0 Å². The molecule has 1 N–H and O–H groups in total. The van der Waals surface area contributed by atoms with Gasteiger partial charge in [-0.2, -0.15) is 0 Å². The lowest BCUT2D eigenvalue weighted by atomic mass is 9.79. The molecule has 1 aliphatic heterocycles. The Labute approximate surface area is 80.6 Å². The molecule has 0 amide bonds. The molecule has 0 aromatic heterocycles. The van der Waals surface area contributed by atoms with Gasteiger partial charge in [-0.3, -0.25) is 0 Å². The van der Waals surface area contributed by atoms with Gasteiger partial charge < -0.3 is 9.84 Å². The maximum atomic E-state index is 9.74. The van der Waals surface area contributed by atoms with Gasteiger partial charge in [0, 0.05) is 5.41 Å². The largest absolute Gasteiger partial charge is 0.367 e. The van der Waals surface area contributed by atoms with Crippen molar-refractivity contribution in [2.75, 3.05) is 0 Å². The van der Waals surface area contributed by atoms with Crippen LogP contribution in [0.25, 0.3) is 0 Å². The van der Waals surface area contributed by atoms with Crippen molar-refractivity contribution in [3.05, 3.63) is 12.2 Å². The van der Waals surface area contributed by atoms with E-state index in [0.717, 1.165) is 12.8 Å². The van der Waals surface area contributed by atoms with Crippen molar-refractivity contribution in [1.29, 1.82) is 0 Å². The molecule has 1 rings (SSSR count). The molecule has 0 aromatic carbocycles. The van der Waals surface area contributed by atoms with Crippen LogP contribution in [-0.2, 0) is 4.74 Å². The molecule has 13 heavy (non-hydrogen) atoms. The minimum atomic E-state index is -0.651. The first-order valence-electron chi connectivity index (χ1n) is 4.89. The zero-order valence-electron chi connectivity index (χ0n) is 9.00. The molecular formula is C11H20O2. The lowest BCUT2D eigenvalue weighted by molar-refractivity contribution is -0.243. The highest BCUT2D eigenvalue weighted by molar-refractivity contribution is 5.01. The molecule has 0 bridgehead atoms. The number of ether oxygens (including phenoxy) is 1. The topological polar surface area (TPSA) is 29.5 Å². The predicted octanol–water partition coefficient (Wildman–Crippen LogP) is 2.48. The molecule has 1 fully saturated rings. The Balaban J connectivity index is 2.70. The monoisotopic (exact) mass is 184 g/mol. The Bertz CT molecular complexity index is 208. The Morgan fingerprint density at radius 2 is 1.92 bits per heavy atom. The molecule has 1 heterocycles. The minimum Gasteiger partial charge on any atom is -0.367 e. The molecule has 0 aliphatic carbocycles. The SMILES string of the molecule is CC=CC1(C)CCC(C)(C)C(O)O1. The lowest BCUT2D eigenvalue weighted by Gasteiger charge is -2.43. The fourth-order valence-electron chi connectivity index (χ4n) is 1.64. The van der Waals surface area contributed by atoms with Crippen LogP contribution in [0.5, 0.6) is 0 Å². The predicted molar refractivity (Wildman–Crippen MR) is 53.3 cm³/mol. The fraction of sp³-hybridized carbons (Fsp3) is 0.818. The lowest BCUT2D eigenvalue weighted by Crippen LogP contribution is -2.46. The van der Waals surface area contributed by atoms with Crippen LogP contribution in [0.4, 0.5) is 0 Å². The molecule has 76 valence electrons. The molecule has 2 heteroatoms. The average Bonchev–Trinajstić information content (AvgIpc) is 1.99. The zero-order valence-corrected chi connectivity index (χ0v) is 9.00. The summed E-state index contributed by atoms with van der Waals surface area (Å²) in [4.78, 5) is 0. The summed E-state index contributed by atoms with van der Waals surface area (Å²) in [5, 5.41) is 9.74. The molecule has 0 radical (unpaired) electrons. The van der Waals surface area contributed by atoms with Crippen LogP contribution >= 0.6 is 0 Å². The second kappa shape index (κ2) is 3.43. The van der Waals surface area contributed by atoms with Gasteiger partial charge in [-0.1, -0.05) is 26.0 Å². The van der Waals surface area contributed by atoms with Crippen molar-refractivity contribution in [1.82, 2.24) is 0 Å². The van der Waals surface area contributed by atoms with Crippen molar-refractivity contribution in [2.24, 2.45) is 5.41 Å². The summed E-state index contributed by atoms with van der Waals surface area (Å²) in [7, 11) is 0. The quantitative estimate of drug-likeness (QED) is 0.634. The first-order valence-corrected chi connectivity index (χ1v) is 4.89. The number of rotatable bonds is 1. The molecule has 2 atom stereocenters. The van der Waals surface area contributed by atoms with Gasteiger partial charge in [-0.15, -0.1) is 0 Å². The van der Waals surface area contributed by atoms with Crippen molar-refractivity contribution in [3.8, 4) is 0 Å². The summed E-state index contributed by atoms with van der Waals surface area (Å²) in [6.07, 6.45) is 5.31. The normalized spacial score (nSPS) is 39.6. The van der Waals surface area contributed by atoms with Crippen LogP contribution < -0.4 is 0 Å². The van der Waals surface area contributed by atoms with E-state index in [9.17, 15) is 5.11 Å². The van der Waals surface area contributed by atoms with Gasteiger partial charge in [-0.05, 0) is 26.7 Å². The number of allylic oxidation sites excluding steroid dienone is 1. The van der Waals surface area contributed by atoms with Crippen molar-refractivity contribution >= 4 is 0 Å². The van der Waals surface area contributed by atoms with E-state index >= 15 is 0 Å². The number of hydrogen-bond acceptors (Lipinski definition) is 2. The first kappa shape index (κ1) is 10.7. The van der Waals surface area contributed by atoms with Crippen LogP contribution in [0.15, 0.2) is 12.2 Å². The molecule has 1 aliphatic rings. The number of hydrogen-bond donors (Lipinski definition) is 1. The third-order valence-corrected chi connectivity index (χ3v) is 2.83. The third kappa shape index (κ3) is 2.32. The summed E-state index contributed by atoms with van der Waals surface area (Å²) in [6.45, 7) is 8.06. The Morgan fingerprint density at radius 3 is 2.38 bits per heavy atom. The Hall–Kier alpha value is -0.340. The summed E-state index contributed by atoms with van der Waals surface area (Å²) in [6, 6.07) is 0. The van der Waals surface area contributed by atoms with Crippen LogP contribution in [-0.4, -0.2) is 17.0 Å². The van der Waals surface area contributed by atoms with E-state index in [2.05, 4.69) is 0 Å². The van der Waals surface area contributed by atoms with E-state index in [-0.39, 0.29) is 11.0 Å². The van der Waals surface area contributed by atoms with E-state index < -0.39 is 6.29 Å². The number of aliphatic hydroxyl groups is 1. The highest BCUT2D eigenvalue weighted by Crippen LogP contribution is 2.39. The smallest absolute Gasteiger partial charge is 0.160 e. The maximum Gasteiger partial charge on any atom is 0.160 e. The summed E-state index contributed by atoms with van der Waals surface area (Å²) < 4.78 is 5.60. The van der Waals surface area contributed by atoms with Crippen molar-refractivity contribution in [3.63, 3.8) is 0 Å². The van der Waals surface area contributed by atoms with Gasteiger partial charge in [-0.25, -0.2) is 0 Å². The van der Waals surface area contributed by atoms with Crippen LogP contribution in [0.2, 0.25) is 0 Å². The Kier molecular flexibility index (Phi) is 2.83.